The fourth-order valence-electron chi connectivity index (χ4n) is 3.20. The predicted octanol–water partition coefficient (Wildman–Crippen LogP) is 6.26. The highest BCUT2D eigenvalue weighted by atomic mass is 16.4. The van der Waals surface area contributed by atoms with Crippen molar-refractivity contribution in [3.05, 3.63) is 0 Å². The Kier molecular flexibility index (Phi) is 16.8. The van der Waals surface area contributed by atoms with Crippen molar-refractivity contribution in [1.82, 2.24) is 4.90 Å². The van der Waals surface area contributed by atoms with E-state index in [-0.39, 0.29) is 6.04 Å². The Morgan fingerprint density at radius 2 is 1.04 bits per heavy atom. The maximum absolute atomic E-state index is 11.3. The van der Waals surface area contributed by atoms with Crippen molar-refractivity contribution in [3.8, 4) is 0 Å². The molecule has 0 rings (SSSR count). The lowest BCUT2D eigenvalue weighted by molar-refractivity contribution is -0.142. The molecule has 0 aromatic heterocycles. The molecule has 0 radical (unpaired) electrons. The molecule has 0 spiro atoms. The van der Waals surface area contributed by atoms with Gasteiger partial charge in [-0.1, -0.05) is 90.9 Å². The van der Waals surface area contributed by atoms with Gasteiger partial charge in [0, 0.05) is 0 Å². The fourth-order valence-corrected chi connectivity index (χ4v) is 3.20. The fraction of sp³-hybridized carbons (Fsp3) is 0.952. The summed E-state index contributed by atoms with van der Waals surface area (Å²) >= 11 is 0. The number of hydrogen-bond donors (Lipinski definition) is 1. The van der Waals surface area contributed by atoms with E-state index in [2.05, 4.69) is 18.7 Å². The van der Waals surface area contributed by atoms with Gasteiger partial charge in [0.05, 0.1) is 0 Å². The Morgan fingerprint density at radius 3 is 1.38 bits per heavy atom. The van der Waals surface area contributed by atoms with Gasteiger partial charge < -0.3 is 5.11 Å². The van der Waals surface area contributed by atoms with Crippen molar-refractivity contribution in [2.45, 2.75) is 117 Å². The summed E-state index contributed by atoms with van der Waals surface area (Å²) in [5.41, 5.74) is 0. The smallest absolute Gasteiger partial charge is 0.320 e. The maximum Gasteiger partial charge on any atom is 0.320 e. The molecule has 0 fully saturated rings. The normalized spacial score (nSPS) is 12.7. The van der Waals surface area contributed by atoms with Crippen molar-refractivity contribution in [2.24, 2.45) is 0 Å². The monoisotopic (exact) mass is 341 g/mol. The van der Waals surface area contributed by atoms with Crippen LogP contribution >= 0.6 is 0 Å². The molecule has 3 heteroatoms. The molecule has 3 nitrogen and oxygen atoms in total. The lowest BCUT2D eigenvalue weighted by Gasteiger charge is -2.26. The van der Waals surface area contributed by atoms with Crippen LogP contribution in [0.5, 0.6) is 0 Å². The molecule has 0 aliphatic rings. The molecule has 0 aliphatic heterocycles. The van der Waals surface area contributed by atoms with E-state index in [1.165, 1.54) is 77.0 Å². The molecule has 1 N–H and O–H groups in total. The number of nitrogens with zero attached hydrogens (tertiary/aromatic N) is 1. The number of rotatable bonds is 18. The first-order valence-corrected chi connectivity index (χ1v) is 10.6. The second kappa shape index (κ2) is 17.3. The van der Waals surface area contributed by atoms with Crippen molar-refractivity contribution >= 4 is 5.97 Å². The van der Waals surface area contributed by atoms with Crippen molar-refractivity contribution in [2.75, 3.05) is 13.1 Å². The number of carbonyl (C=O) groups is 1. The minimum atomic E-state index is -0.680. The van der Waals surface area contributed by atoms with E-state index in [0.717, 1.165) is 25.9 Å². The molecular weight excluding hydrogens is 298 g/mol. The number of unbranched alkanes of at least 4 members (excludes halogenated alkanes) is 12. The van der Waals surface area contributed by atoms with Gasteiger partial charge in [-0.05, 0) is 32.9 Å². The Balaban J connectivity index is 3.84. The van der Waals surface area contributed by atoms with Crippen LogP contribution in [0, 0.1) is 0 Å². The van der Waals surface area contributed by atoms with E-state index in [4.69, 9.17) is 0 Å². The molecule has 0 heterocycles. The third kappa shape index (κ3) is 13.8. The molecule has 1 atom stereocenters. The van der Waals surface area contributed by atoms with Crippen LogP contribution in [0.1, 0.15) is 111 Å². The van der Waals surface area contributed by atoms with Gasteiger partial charge in [-0.3, -0.25) is 9.69 Å². The van der Waals surface area contributed by atoms with E-state index in [1.54, 1.807) is 0 Å². The molecule has 0 bridgehead atoms. The van der Waals surface area contributed by atoms with Crippen molar-refractivity contribution in [3.63, 3.8) is 0 Å². The second-order valence-electron chi connectivity index (χ2n) is 7.29. The zero-order chi connectivity index (χ0) is 18.0. The summed E-state index contributed by atoms with van der Waals surface area (Å²) in [6, 6.07) is -0.342. The van der Waals surface area contributed by atoms with Gasteiger partial charge in [-0.15, -0.1) is 0 Å². The van der Waals surface area contributed by atoms with Gasteiger partial charge >= 0.3 is 5.97 Å². The maximum atomic E-state index is 11.3. The van der Waals surface area contributed by atoms with Gasteiger partial charge in [0.15, 0.2) is 0 Å². The van der Waals surface area contributed by atoms with Crippen LogP contribution in [0.4, 0.5) is 0 Å². The highest BCUT2D eigenvalue weighted by Gasteiger charge is 2.19. The van der Waals surface area contributed by atoms with E-state index >= 15 is 0 Å². The van der Waals surface area contributed by atoms with Crippen molar-refractivity contribution in [1.29, 1.82) is 0 Å². The van der Waals surface area contributed by atoms with Crippen LogP contribution in [0.25, 0.3) is 0 Å². The molecule has 0 aliphatic carbocycles. The van der Waals surface area contributed by atoms with Crippen LogP contribution in [-0.2, 0) is 4.79 Å². The van der Waals surface area contributed by atoms with Gasteiger partial charge in [0.25, 0.3) is 0 Å². The third-order valence-electron chi connectivity index (χ3n) is 5.00. The third-order valence-corrected chi connectivity index (χ3v) is 5.00. The summed E-state index contributed by atoms with van der Waals surface area (Å²) in [6.07, 6.45) is 18.0. The van der Waals surface area contributed by atoms with Gasteiger partial charge in [0.2, 0.25) is 0 Å². The second-order valence-corrected chi connectivity index (χ2v) is 7.29. The molecule has 0 aromatic rings. The number of aliphatic carboxylic acids is 1. The molecule has 1 unspecified atom stereocenters. The highest BCUT2D eigenvalue weighted by molar-refractivity contribution is 5.72. The highest BCUT2D eigenvalue weighted by Crippen LogP contribution is 2.12. The summed E-state index contributed by atoms with van der Waals surface area (Å²) in [7, 11) is 0. The summed E-state index contributed by atoms with van der Waals surface area (Å²) in [5.74, 6) is -0.680. The SMILES string of the molecule is CCCCCCCCCN(CCCCCCCCC)C(C)C(=O)O. The minimum absolute atomic E-state index is 0.342. The lowest BCUT2D eigenvalue weighted by atomic mass is 10.1. The predicted molar refractivity (Wildman–Crippen MR) is 105 cm³/mol. The van der Waals surface area contributed by atoms with Crippen molar-refractivity contribution < 1.29 is 9.90 Å². The average molecular weight is 342 g/mol. The standard InChI is InChI=1S/C21H43NO2/c1-4-6-8-10-12-14-16-18-22(20(3)21(23)24)19-17-15-13-11-9-7-5-2/h20H,4-19H2,1-3H3,(H,23,24). The van der Waals surface area contributed by atoms with Gasteiger partial charge in [0.1, 0.15) is 6.04 Å². The van der Waals surface area contributed by atoms with E-state index < -0.39 is 5.97 Å². The van der Waals surface area contributed by atoms with E-state index in [0.29, 0.717) is 0 Å². The first-order chi connectivity index (χ1) is 11.6. The minimum Gasteiger partial charge on any atom is -0.480 e. The van der Waals surface area contributed by atoms with Crippen LogP contribution in [-0.4, -0.2) is 35.1 Å². The largest absolute Gasteiger partial charge is 0.480 e. The molecular formula is C21H43NO2. The topological polar surface area (TPSA) is 40.5 Å². The van der Waals surface area contributed by atoms with Crippen LogP contribution in [0.15, 0.2) is 0 Å². The van der Waals surface area contributed by atoms with Crippen LogP contribution < -0.4 is 0 Å². The summed E-state index contributed by atoms with van der Waals surface area (Å²) in [6.45, 7) is 8.21. The van der Waals surface area contributed by atoms with Gasteiger partial charge in [-0.25, -0.2) is 0 Å². The summed E-state index contributed by atoms with van der Waals surface area (Å²) in [4.78, 5) is 13.5. The first-order valence-electron chi connectivity index (χ1n) is 10.6. The van der Waals surface area contributed by atoms with Crippen LogP contribution in [0.2, 0.25) is 0 Å². The molecule has 0 saturated carbocycles. The van der Waals surface area contributed by atoms with Crippen LogP contribution in [0.3, 0.4) is 0 Å². The zero-order valence-corrected chi connectivity index (χ0v) is 16.7. The molecule has 144 valence electrons. The molecule has 0 aromatic carbocycles. The summed E-state index contributed by atoms with van der Waals surface area (Å²) < 4.78 is 0. The first kappa shape index (κ1) is 23.4. The molecule has 24 heavy (non-hydrogen) atoms. The Hall–Kier alpha value is -0.570. The Morgan fingerprint density at radius 1 is 0.708 bits per heavy atom. The average Bonchev–Trinajstić information content (AvgIpc) is 2.57. The zero-order valence-electron chi connectivity index (χ0n) is 16.7. The summed E-state index contributed by atoms with van der Waals surface area (Å²) in [5, 5.41) is 9.31. The van der Waals surface area contributed by atoms with E-state index in [1.807, 2.05) is 6.92 Å². The number of hydrogen-bond acceptors (Lipinski definition) is 2. The molecule has 0 amide bonds. The van der Waals surface area contributed by atoms with E-state index in [9.17, 15) is 9.90 Å². The molecule has 0 saturated heterocycles. The van der Waals surface area contributed by atoms with Gasteiger partial charge in [-0.2, -0.15) is 0 Å². The Bertz CT molecular complexity index is 263. The number of carboxylic acid groups (broad SMARTS) is 1. The quantitative estimate of drug-likeness (QED) is 0.299. The number of carboxylic acids is 1. The Labute approximate surface area is 151 Å². The lowest BCUT2D eigenvalue weighted by Crippen LogP contribution is -2.40.